The van der Waals surface area contributed by atoms with Crippen molar-refractivity contribution in [3.63, 3.8) is 0 Å². The third-order valence-corrected chi connectivity index (χ3v) is 6.14. The molecule has 4 rings (SSSR count). The molecule has 0 unspecified atom stereocenters. The van der Waals surface area contributed by atoms with Gasteiger partial charge in [0.1, 0.15) is 4.88 Å². The van der Waals surface area contributed by atoms with E-state index < -0.39 is 0 Å². The second-order valence-corrected chi connectivity index (χ2v) is 7.83. The number of benzene rings is 2. The number of hydrogen-bond donors (Lipinski definition) is 1. The summed E-state index contributed by atoms with van der Waals surface area (Å²) >= 11 is 1.41. The summed E-state index contributed by atoms with van der Waals surface area (Å²) in [5, 5.41) is 3.01. The minimum absolute atomic E-state index is 0.0789. The van der Waals surface area contributed by atoms with Crippen LogP contribution < -0.4 is 14.8 Å². The van der Waals surface area contributed by atoms with Crippen LogP contribution >= 0.6 is 11.3 Å². The number of fused-ring (bicyclic) bond motifs is 1. The number of aryl methyl sites for hydroxylation is 1. The minimum Gasteiger partial charge on any atom is -0.493 e. The maximum Gasteiger partial charge on any atom is 0.263 e. The van der Waals surface area contributed by atoms with E-state index in [2.05, 4.69) is 10.3 Å². The Labute approximate surface area is 179 Å². The summed E-state index contributed by atoms with van der Waals surface area (Å²) < 4.78 is 12.6. The van der Waals surface area contributed by atoms with Gasteiger partial charge in [-0.2, -0.15) is 0 Å². The molecular formula is C23H23N3O3S. The Bertz CT molecular complexity index is 1180. The number of rotatable bonds is 7. The summed E-state index contributed by atoms with van der Waals surface area (Å²) in [6.07, 6.45) is 2.68. The lowest BCUT2D eigenvalue weighted by molar-refractivity contribution is 0.0957. The van der Waals surface area contributed by atoms with Crippen LogP contribution in [0, 0.1) is 6.92 Å². The number of ether oxygens (including phenoxy) is 2. The van der Waals surface area contributed by atoms with Gasteiger partial charge in [-0.05, 0) is 31.0 Å². The van der Waals surface area contributed by atoms with Crippen molar-refractivity contribution < 1.29 is 14.3 Å². The molecule has 7 heteroatoms. The number of amides is 1. The number of nitrogens with zero attached hydrogens (tertiary/aromatic N) is 2. The molecule has 0 spiro atoms. The van der Waals surface area contributed by atoms with E-state index in [0.717, 1.165) is 27.5 Å². The standard InChI is InChI=1S/C23H23N3O3S/c1-15-21(30-23-25-18(14-26(15)23)17-7-5-4-6-8-17)22(27)24-12-11-16-9-10-19(28-2)20(13-16)29-3/h4-10,13-14H,11-12H2,1-3H3,(H,24,27). The highest BCUT2D eigenvalue weighted by molar-refractivity contribution is 7.19. The number of hydrogen-bond acceptors (Lipinski definition) is 5. The molecule has 0 aliphatic heterocycles. The van der Waals surface area contributed by atoms with Crippen molar-refractivity contribution in [2.45, 2.75) is 13.3 Å². The Balaban J connectivity index is 1.43. The first kappa shape index (κ1) is 20.0. The molecule has 0 bridgehead atoms. The molecule has 0 fully saturated rings. The molecule has 4 aromatic rings. The lowest BCUT2D eigenvalue weighted by atomic mass is 10.1. The maximum absolute atomic E-state index is 12.7. The molecule has 2 heterocycles. The zero-order chi connectivity index (χ0) is 21.1. The van der Waals surface area contributed by atoms with Crippen molar-refractivity contribution in [1.29, 1.82) is 0 Å². The summed E-state index contributed by atoms with van der Waals surface area (Å²) in [7, 11) is 3.23. The first-order chi connectivity index (χ1) is 14.6. The molecule has 30 heavy (non-hydrogen) atoms. The Morgan fingerprint density at radius 3 is 2.57 bits per heavy atom. The van der Waals surface area contributed by atoms with Crippen molar-refractivity contribution >= 4 is 22.2 Å². The maximum atomic E-state index is 12.7. The van der Waals surface area contributed by atoms with Gasteiger partial charge in [0.15, 0.2) is 16.5 Å². The highest BCUT2D eigenvalue weighted by Gasteiger charge is 2.18. The third kappa shape index (κ3) is 3.89. The second-order valence-electron chi connectivity index (χ2n) is 6.86. The lowest BCUT2D eigenvalue weighted by Crippen LogP contribution is -2.25. The van der Waals surface area contributed by atoms with E-state index in [9.17, 15) is 4.79 Å². The zero-order valence-corrected chi connectivity index (χ0v) is 18.0. The van der Waals surface area contributed by atoms with E-state index in [1.807, 2.05) is 66.1 Å². The SMILES string of the molecule is COc1ccc(CCNC(=O)c2sc3nc(-c4ccccc4)cn3c2C)cc1OC. The molecule has 0 saturated carbocycles. The fourth-order valence-corrected chi connectivity index (χ4v) is 4.37. The van der Waals surface area contributed by atoms with E-state index in [-0.39, 0.29) is 5.91 Å². The molecule has 0 aliphatic carbocycles. The van der Waals surface area contributed by atoms with Crippen LogP contribution in [0.5, 0.6) is 11.5 Å². The first-order valence-electron chi connectivity index (χ1n) is 9.63. The summed E-state index contributed by atoms with van der Waals surface area (Å²) in [6, 6.07) is 15.8. The lowest BCUT2D eigenvalue weighted by Gasteiger charge is -2.10. The number of carbonyl (C=O) groups is 1. The largest absolute Gasteiger partial charge is 0.493 e. The monoisotopic (exact) mass is 421 g/mol. The Morgan fingerprint density at radius 2 is 1.87 bits per heavy atom. The van der Waals surface area contributed by atoms with E-state index >= 15 is 0 Å². The van der Waals surface area contributed by atoms with Crippen molar-refractivity contribution in [3.8, 4) is 22.8 Å². The van der Waals surface area contributed by atoms with E-state index in [1.165, 1.54) is 11.3 Å². The van der Waals surface area contributed by atoms with Crippen molar-refractivity contribution in [3.05, 3.63) is 70.9 Å². The number of methoxy groups -OCH3 is 2. The van der Waals surface area contributed by atoms with Crippen molar-refractivity contribution in [2.75, 3.05) is 20.8 Å². The summed E-state index contributed by atoms with van der Waals surface area (Å²) in [5.74, 6) is 1.30. The van der Waals surface area contributed by atoms with Crippen LogP contribution in [-0.4, -0.2) is 36.1 Å². The van der Waals surface area contributed by atoms with Gasteiger partial charge in [0.05, 0.1) is 19.9 Å². The quantitative estimate of drug-likeness (QED) is 0.482. The summed E-state index contributed by atoms with van der Waals surface area (Å²) in [6.45, 7) is 2.48. The molecule has 2 aromatic carbocycles. The second kappa shape index (κ2) is 8.59. The van der Waals surface area contributed by atoms with E-state index in [0.29, 0.717) is 29.3 Å². The number of thiazole rings is 1. The molecule has 1 N–H and O–H groups in total. The Morgan fingerprint density at radius 1 is 1.10 bits per heavy atom. The Hall–Kier alpha value is -3.32. The van der Waals surface area contributed by atoms with Gasteiger partial charge in [-0.3, -0.25) is 9.20 Å². The highest BCUT2D eigenvalue weighted by atomic mass is 32.1. The summed E-state index contributed by atoms with van der Waals surface area (Å²) in [4.78, 5) is 18.9. The van der Waals surface area contributed by atoms with Crippen LogP contribution in [0.2, 0.25) is 0 Å². The van der Waals surface area contributed by atoms with Gasteiger partial charge in [0.2, 0.25) is 0 Å². The molecular weight excluding hydrogens is 398 g/mol. The number of nitrogens with one attached hydrogen (secondary N) is 1. The predicted molar refractivity (Wildman–Crippen MR) is 119 cm³/mol. The molecule has 0 atom stereocenters. The molecule has 154 valence electrons. The average molecular weight is 422 g/mol. The molecule has 2 aromatic heterocycles. The molecule has 0 aliphatic rings. The van der Waals surface area contributed by atoms with Gasteiger partial charge in [0.25, 0.3) is 5.91 Å². The smallest absolute Gasteiger partial charge is 0.263 e. The zero-order valence-electron chi connectivity index (χ0n) is 17.1. The Kier molecular flexibility index (Phi) is 5.72. The van der Waals surface area contributed by atoms with E-state index in [4.69, 9.17) is 9.47 Å². The number of carbonyl (C=O) groups excluding carboxylic acids is 1. The molecule has 0 radical (unpaired) electrons. The van der Waals surface area contributed by atoms with Gasteiger partial charge in [-0.15, -0.1) is 0 Å². The van der Waals surface area contributed by atoms with Crippen LogP contribution in [0.3, 0.4) is 0 Å². The van der Waals surface area contributed by atoms with Gasteiger partial charge in [0, 0.05) is 24.0 Å². The third-order valence-electron chi connectivity index (χ3n) is 4.98. The van der Waals surface area contributed by atoms with Crippen LogP contribution in [-0.2, 0) is 6.42 Å². The first-order valence-corrected chi connectivity index (χ1v) is 10.5. The summed E-state index contributed by atoms with van der Waals surface area (Å²) in [5.41, 5.74) is 3.94. The highest BCUT2D eigenvalue weighted by Crippen LogP contribution is 2.28. The minimum atomic E-state index is -0.0789. The van der Waals surface area contributed by atoms with Crippen LogP contribution in [0.25, 0.3) is 16.2 Å². The van der Waals surface area contributed by atoms with Gasteiger partial charge in [-0.25, -0.2) is 4.98 Å². The van der Waals surface area contributed by atoms with Crippen molar-refractivity contribution in [2.24, 2.45) is 0 Å². The molecule has 0 saturated heterocycles. The topological polar surface area (TPSA) is 64.9 Å². The van der Waals surface area contributed by atoms with Crippen LogP contribution in [0.1, 0.15) is 20.9 Å². The fourth-order valence-electron chi connectivity index (χ4n) is 3.35. The fraction of sp³-hybridized carbons (Fsp3) is 0.217. The van der Waals surface area contributed by atoms with Gasteiger partial charge >= 0.3 is 0 Å². The molecule has 1 amide bonds. The van der Waals surface area contributed by atoms with E-state index in [1.54, 1.807) is 14.2 Å². The van der Waals surface area contributed by atoms with Crippen LogP contribution in [0.15, 0.2) is 54.7 Å². The number of imidazole rings is 1. The van der Waals surface area contributed by atoms with Crippen molar-refractivity contribution in [1.82, 2.24) is 14.7 Å². The predicted octanol–water partition coefficient (Wildman–Crippen LogP) is 4.36. The number of aromatic nitrogens is 2. The average Bonchev–Trinajstić information content (AvgIpc) is 3.33. The van der Waals surface area contributed by atoms with Gasteiger partial charge < -0.3 is 14.8 Å². The molecule has 6 nitrogen and oxygen atoms in total. The van der Waals surface area contributed by atoms with Crippen LogP contribution in [0.4, 0.5) is 0 Å². The normalized spacial score (nSPS) is 10.9. The van der Waals surface area contributed by atoms with Gasteiger partial charge in [-0.1, -0.05) is 47.7 Å².